The molecule has 0 amide bonds. The van der Waals surface area contributed by atoms with E-state index in [0.29, 0.717) is 0 Å². The van der Waals surface area contributed by atoms with Gasteiger partial charge in [-0.05, 0) is 52.3 Å². The number of benzene rings is 1. The number of halogens is 3. The van der Waals surface area contributed by atoms with Crippen molar-refractivity contribution in [3.63, 3.8) is 0 Å². The van der Waals surface area contributed by atoms with E-state index in [0.717, 1.165) is 45.0 Å². The second-order valence-electron chi connectivity index (χ2n) is 8.09. The van der Waals surface area contributed by atoms with Crippen LogP contribution in [0.4, 0.5) is 8.78 Å². The smallest absolute Gasteiger partial charge is 0.191 e. The Kier molecular flexibility index (Phi) is 10.6. The van der Waals surface area contributed by atoms with Crippen molar-refractivity contribution in [3.05, 3.63) is 35.4 Å². The van der Waals surface area contributed by atoms with E-state index in [9.17, 15) is 8.78 Å². The van der Waals surface area contributed by atoms with Gasteiger partial charge in [-0.1, -0.05) is 6.07 Å². The number of piperidine rings is 1. The van der Waals surface area contributed by atoms with Crippen LogP contribution in [0.1, 0.15) is 39.2 Å². The highest BCUT2D eigenvalue weighted by Gasteiger charge is 2.22. The highest BCUT2D eigenvalue weighted by atomic mass is 127. The summed E-state index contributed by atoms with van der Waals surface area (Å²) in [6.45, 7) is 9.88. The Morgan fingerprint density at radius 3 is 2.50 bits per heavy atom. The van der Waals surface area contributed by atoms with E-state index in [1.165, 1.54) is 18.2 Å². The molecule has 8 heteroatoms. The minimum absolute atomic E-state index is 0. The average molecular weight is 509 g/mol. The molecule has 0 saturated carbocycles. The Morgan fingerprint density at radius 2 is 1.89 bits per heavy atom. The summed E-state index contributed by atoms with van der Waals surface area (Å²) in [6.07, 6.45) is 1.99. The fourth-order valence-corrected chi connectivity index (χ4v) is 3.23. The molecule has 1 aromatic carbocycles. The van der Waals surface area contributed by atoms with E-state index >= 15 is 0 Å². The van der Waals surface area contributed by atoms with E-state index in [2.05, 4.69) is 46.6 Å². The van der Waals surface area contributed by atoms with Gasteiger partial charge in [-0.3, -0.25) is 9.89 Å². The molecular weight excluding hydrogens is 475 g/mol. The molecule has 1 atom stereocenters. The van der Waals surface area contributed by atoms with Gasteiger partial charge < -0.3 is 16.0 Å². The number of aliphatic imine (C=N–C) groups is 1. The van der Waals surface area contributed by atoms with E-state index < -0.39 is 11.6 Å². The van der Waals surface area contributed by atoms with Gasteiger partial charge >= 0.3 is 0 Å². The van der Waals surface area contributed by atoms with Crippen molar-refractivity contribution in [1.29, 1.82) is 0 Å². The van der Waals surface area contributed by atoms with Crippen LogP contribution in [0.3, 0.4) is 0 Å². The largest absolute Gasteiger partial charge is 0.355 e. The van der Waals surface area contributed by atoms with Gasteiger partial charge in [0.1, 0.15) is 11.6 Å². The molecule has 0 radical (unpaired) electrons. The Balaban J connectivity index is 0.00000392. The maximum absolute atomic E-state index is 13.9. The molecule has 1 aliphatic heterocycles. The van der Waals surface area contributed by atoms with Crippen LogP contribution in [-0.4, -0.2) is 55.7 Å². The zero-order valence-electron chi connectivity index (χ0n) is 17.3. The lowest BCUT2D eigenvalue weighted by atomic mass is 10.0. The SMILES string of the molecule is CN=C(NCCNC(C)(C)C)NC1CCCN(Cc2c(F)cccc2F)C1.I. The van der Waals surface area contributed by atoms with Crippen molar-refractivity contribution in [2.45, 2.75) is 51.7 Å². The van der Waals surface area contributed by atoms with Crippen molar-refractivity contribution in [3.8, 4) is 0 Å². The Morgan fingerprint density at radius 1 is 1.21 bits per heavy atom. The van der Waals surface area contributed by atoms with Crippen molar-refractivity contribution in [2.75, 3.05) is 33.2 Å². The van der Waals surface area contributed by atoms with Crippen molar-refractivity contribution < 1.29 is 8.78 Å². The van der Waals surface area contributed by atoms with Gasteiger partial charge in [0.05, 0.1) is 0 Å². The van der Waals surface area contributed by atoms with Gasteiger partial charge in [-0.2, -0.15) is 0 Å². The van der Waals surface area contributed by atoms with Gasteiger partial charge in [0.25, 0.3) is 0 Å². The molecule has 160 valence electrons. The molecule has 5 nitrogen and oxygen atoms in total. The van der Waals surface area contributed by atoms with Crippen molar-refractivity contribution >= 4 is 29.9 Å². The van der Waals surface area contributed by atoms with Gasteiger partial charge in [-0.25, -0.2) is 8.78 Å². The second kappa shape index (κ2) is 11.9. The molecule has 0 bridgehead atoms. The first kappa shape index (κ1) is 25.0. The van der Waals surface area contributed by atoms with Crippen LogP contribution in [0.15, 0.2) is 23.2 Å². The number of nitrogens with zero attached hydrogens (tertiary/aromatic N) is 2. The van der Waals surface area contributed by atoms with Crippen LogP contribution in [0.25, 0.3) is 0 Å². The molecule has 0 aromatic heterocycles. The zero-order chi connectivity index (χ0) is 19.9. The normalized spacial score (nSPS) is 18.5. The van der Waals surface area contributed by atoms with Crippen molar-refractivity contribution in [2.24, 2.45) is 4.99 Å². The van der Waals surface area contributed by atoms with E-state index in [1.54, 1.807) is 7.05 Å². The Labute approximate surface area is 184 Å². The number of likely N-dealkylation sites (tertiary alicyclic amines) is 1. The Bertz CT molecular complexity index is 613. The molecule has 1 unspecified atom stereocenters. The molecule has 0 aliphatic carbocycles. The van der Waals surface area contributed by atoms with Crippen LogP contribution in [0, 0.1) is 11.6 Å². The lowest BCUT2D eigenvalue weighted by Crippen LogP contribution is -2.52. The first-order valence-corrected chi connectivity index (χ1v) is 9.66. The van der Waals surface area contributed by atoms with Crippen molar-refractivity contribution in [1.82, 2.24) is 20.9 Å². The lowest BCUT2D eigenvalue weighted by Gasteiger charge is -2.34. The predicted octanol–water partition coefficient (Wildman–Crippen LogP) is 3.10. The number of guanidine groups is 1. The summed E-state index contributed by atoms with van der Waals surface area (Å²) in [5.74, 6) is -0.197. The molecular formula is C20H34F2IN5. The highest BCUT2D eigenvalue weighted by Crippen LogP contribution is 2.18. The molecule has 0 spiro atoms. The summed E-state index contributed by atoms with van der Waals surface area (Å²) in [6, 6.07) is 4.24. The monoisotopic (exact) mass is 509 g/mol. The van der Waals surface area contributed by atoms with Crippen LogP contribution in [-0.2, 0) is 6.54 Å². The predicted molar refractivity (Wildman–Crippen MR) is 122 cm³/mol. The van der Waals surface area contributed by atoms with E-state index in [4.69, 9.17) is 0 Å². The standard InChI is InChI=1S/C20H33F2N5.HI/c1-20(2,3)25-11-10-24-19(23-4)26-15-7-6-12-27(13-15)14-16-17(21)8-5-9-18(16)22;/h5,8-9,15,25H,6-7,10-14H2,1-4H3,(H2,23,24,26);1H. The van der Waals surface area contributed by atoms with Gasteiger partial charge in [0, 0.05) is 50.4 Å². The quantitative estimate of drug-likeness (QED) is 0.239. The average Bonchev–Trinajstić information content (AvgIpc) is 2.60. The fourth-order valence-electron chi connectivity index (χ4n) is 3.23. The number of nitrogens with one attached hydrogen (secondary N) is 3. The molecule has 1 aliphatic rings. The maximum Gasteiger partial charge on any atom is 0.191 e. The first-order valence-electron chi connectivity index (χ1n) is 9.66. The van der Waals surface area contributed by atoms with Gasteiger partial charge in [0.2, 0.25) is 0 Å². The topological polar surface area (TPSA) is 51.7 Å². The summed E-state index contributed by atoms with van der Waals surface area (Å²) in [4.78, 5) is 6.38. The van der Waals surface area contributed by atoms with Crippen LogP contribution < -0.4 is 16.0 Å². The molecule has 28 heavy (non-hydrogen) atoms. The minimum atomic E-state index is -0.478. The fraction of sp³-hybridized carbons (Fsp3) is 0.650. The third-order valence-corrected chi connectivity index (χ3v) is 4.59. The Hall–Kier alpha value is -1.000. The van der Waals surface area contributed by atoms with Gasteiger partial charge in [0.15, 0.2) is 5.96 Å². The summed E-state index contributed by atoms with van der Waals surface area (Å²) < 4.78 is 27.8. The summed E-state index contributed by atoms with van der Waals surface area (Å²) in [5.41, 5.74) is 0.235. The van der Waals surface area contributed by atoms with Crippen LogP contribution in [0.5, 0.6) is 0 Å². The zero-order valence-corrected chi connectivity index (χ0v) is 19.6. The second-order valence-corrected chi connectivity index (χ2v) is 8.09. The molecule has 1 heterocycles. The number of hydrogen-bond acceptors (Lipinski definition) is 3. The summed E-state index contributed by atoms with van der Waals surface area (Å²) in [7, 11) is 1.75. The minimum Gasteiger partial charge on any atom is -0.355 e. The molecule has 3 N–H and O–H groups in total. The van der Waals surface area contributed by atoms with E-state index in [1.807, 2.05) is 0 Å². The third kappa shape index (κ3) is 8.57. The third-order valence-electron chi connectivity index (χ3n) is 4.59. The lowest BCUT2D eigenvalue weighted by molar-refractivity contribution is 0.188. The molecule has 1 fully saturated rings. The molecule has 2 rings (SSSR count). The first-order chi connectivity index (χ1) is 12.8. The number of hydrogen-bond donors (Lipinski definition) is 3. The molecule has 1 aromatic rings. The maximum atomic E-state index is 13.9. The summed E-state index contributed by atoms with van der Waals surface area (Å²) in [5, 5.41) is 10.2. The van der Waals surface area contributed by atoms with E-state index in [-0.39, 0.29) is 47.7 Å². The summed E-state index contributed by atoms with van der Waals surface area (Å²) >= 11 is 0. The van der Waals surface area contributed by atoms with Gasteiger partial charge in [-0.15, -0.1) is 24.0 Å². The molecule has 1 saturated heterocycles. The van der Waals surface area contributed by atoms with Crippen LogP contribution >= 0.6 is 24.0 Å². The number of rotatable bonds is 6. The highest BCUT2D eigenvalue weighted by molar-refractivity contribution is 14.0. The van der Waals surface area contributed by atoms with Crippen LogP contribution in [0.2, 0.25) is 0 Å².